The van der Waals surface area contributed by atoms with Crippen molar-refractivity contribution in [2.24, 2.45) is 0 Å². The van der Waals surface area contributed by atoms with Crippen molar-refractivity contribution in [2.75, 3.05) is 7.11 Å². The summed E-state index contributed by atoms with van der Waals surface area (Å²) in [5.74, 6) is 1.61. The predicted molar refractivity (Wildman–Crippen MR) is 91.9 cm³/mol. The summed E-state index contributed by atoms with van der Waals surface area (Å²) in [4.78, 5) is 11.8. The van der Waals surface area contributed by atoms with Gasteiger partial charge in [0, 0.05) is 18.7 Å². The highest BCUT2D eigenvalue weighted by atomic mass is 16.5. The zero-order valence-electron chi connectivity index (χ0n) is 14.4. The van der Waals surface area contributed by atoms with Crippen LogP contribution in [0.15, 0.2) is 35.0 Å². The van der Waals surface area contributed by atoms with Crippen LogP contribution in [0.25, 0.3) is 11.3 Å². The molecule has 0 saturated heterocycles. The number of carbonyl (C=O) groups is 1. The summed E-state index contributed by atoms with van der Waals surface area (Å²) >= 11 is 0. The van der Waals surface area contributed by atoms with Gasteiger partial charge in [-0.15, -0.1) is 0 Å². The van der Waals surface area contributed by atoms with E-state index in [-0.39, 0.29) is 11.7 Å². The van der Waals surface area contributed by atoms with Crippen molar-refractivity contribution in [1.82, 2.24) is 14.9 Å². The summed E-state index contributed by atoms with van der Waals surface area (Å²) in [6.45, 7) is 4.26. The number of ether oxygens (including phenoxy) is 1. The largest absolute Gasteiger partial charge is 0.497 e. The van der Waals surface area contributed by atoms with E-state index in [4.69, 9.17) is 14.4 Å². The summed E-state index contributed by atoms with van der Waals surface area (Å²) in [5.41, 5.74) is 4.40. The molecule has 2 aromatic heterocycles. The molecule has 6 heteroatoms. The van der Waals surface area contributed by atoms with Crippen LogP contribution in [0, 0.1) is 0 Å². The number of nitrogens with zero attached hydrogens (tertiary/aromatic N) is 3. The number of hydrogen-bond donors (Lipinski definition) is 0. The lowest BCUT2D eigenvalue weighted by Gasteiger charge is -2.16. The van der Waals surface area contributed by atoms with Gasteiger partial charge >= 0.3 is 0 Å². The molecule has 2 heterocycles. The minimum Gasteiger partial charge on any atom is -0.497 e. The lowest BCUT2D eigenvalue weighted by atomic mass is 9.85. The third kappa shape index (κ3) is 2.63. The molecule has 0 N–H and O–H groups in total. The third-order valence-corrected chi connectivity index (χ3v) is 4.64. The molecule has 0 aliphatic heterocycles. The Balaban J connectivity index is 1.68. The van der Waals surface area contributed by atoms with E-state index in [0.29, 0.717) is 18.0 Å². The van der Waals surface area contributed by atoms with E-state index in [1.165, 1.54) is 6.92 Å². The maximum atomic E-state index is 11.8. The Morgan fingerprint density at radius 1 is 1.36 bits per heavy atom. The Kier molecular flexibility index (Phi) is 3.67. The van der Waals surface area contributed by atoms with E-state index in [1.807, 2.05) is 35.1 Å². The predicted octanol–water partition coefficient (Wildman–Crippen LogP) is 3.46. The van der Waals surface area contributed by atoms with E-state index in [1.54, 1.807) is 7.11 Å². The minimum atomic E-state index is -0.0640. The van der Waals surface area contributed by atoms with Gasteiger partial charge in [0.1, 0.15) is 5.75 Å². The summed E-state index contributed by atoms with van der Waals surface area (Å²) < 4.78 is 12.6. The van der Waals surface area contributed by atoms with Gasteiger partial charge in [0.15, 0.2) is 17.2 Å². The van der Waals surface area contributed by atoms with Crippen LogP contribution in [-0.2, 0) is 13.0 Å². The molecule has 0 amide bonds. The standard InChI is InChI=1S/C19H19N3O3/c1-11-8-16-15(19-17(11)18(12(2)23)21-25-19)10-22(20-16)9-13-4-6-14(24-3)7-5-13/h4-7,10-11H,8-9H2,1-3H3. The fourth-order valence-electron chi connectivity index (χ4n) is 3.40. The van der Waals surface area contributed by atoms with Crippen molar-refractivity contribution in [3.8, 4) is 17.1 Å². The van der Waals surface area contributed by atoms with Gasteiger partial charge < -0.3 is 9.26 Å². The summed E-state index contributed by atoms with van der Waals surface area (Å²) in [7, 11) is 1.65. The van der Waals surface area contributed by atoms with E-state index < -0.39 is 0 Å². The second-order valence-corrected chi connectivity index (χ2v) is 6.47. The summed E-state index contributed by atoms with van der Waals surface area (Å²) in [6, 6.07) is 7.93. The quantitative estimate of drug-likeness (QED) is 0.682. The minimum absolute atomic E-state index is 0.0640. The first kappa shape index (κ1) is 15.6. The number of hydrogen-bond acceptors (Lipinski definition) is 5. The molecule has 0 bridgehead atoms. The van der Waals surface area contributed by atoms with Crippen LogP contribution in [0.1, 0.15) is 47.1 Å². The molecular formula is C19H19N3O3. The molecule has 3 aromatic rings. The van der Waals surface area contributed by atoms with E-state index in [9.17, 15) is 4.79 Å². The molecule has 4 rings (SSSR count). The maximum absolute atomic E-state index is 11.8. The highest BCUT2D eigenvalue weighted by molar-refractivity contribution is 5.95. The molecular weight excluding hydrogens is 318 g/mol. The average Bonchev–Trinajstić information content (AvgIpc) is 3.19. The van der Waals surface area contributed by atoms with Gasteiger partial charge in [0.05, 0.1) is 24.9 Å². The zero-order valence-corrected chi connectivity index (χ0v) is 14.4. The maximum Gasteiger partial charge on any atom is 0.181 e. The molecule has 1 aliphatic carbocycles. The van der Waals surface area contributed by atoms with Crippen LogP contribution in [0.4, 0.5) is 0 Å². The van der Waals surface area contributed by atoms with Gasteiger partial charge in [0.25, 0.3) is 0 Å². The van der Waals surface area contributed by atoms with Crippen molar-refractivity contribution in [1.29, 1.82) is 0 Å². The smallest absolute Gasteiger partial charge is 0.181 e. The number of rotatable bonds is 4. The van der Waals surface area contributed by atoms with E-state index in [2.05, 4.69) is 12.1 Å². The summed E-state index contributed by atoms with van der Waals surface area (Å²) in [5, 5.41) is 8.69. The van der Waals surface area contributed by atoms with E-state index >= 15 is 0 Å². The normalized spacial score (nSPS) is 15.6. The first-order valence-corrected chi connectivity index (χ1v) is 8.27. The molecule has 1 aromatic carbocycles. The fraction of sp³-hybridized carbons (Fsp3) is 0.316. The van der Waals surface area contributed by atoms with Gasteiger partial charge in [-0.2, -0.15) is 5.10 Å². The van der Waals surface area contributed by atoms with Crippen LogP contribution < -0.4 is 4.74 Å². The zero-order chi connectivity index (χ0) is 17.6. The van der Waals surface area contributed by atoms with Gasteiger partial charge in [-0.3, -0.25) is 9.48 Å². The number of Topliss-reactive ketones (excluding diaryl/α,β-unsaturated/α-hetero) is 1. The van der Waals surface area contributed by atoms with Crippen LogP contribution in [0.2, 0.25) is 0 Å². The monoisotopic (exact) mass is 337 g/mol. The molecule has 1 aliphatic rings. The lowest BCUT2D eigenvalue weighted by molar-refractivity contribution is 0.100. The number of benzene rings is 1. The average molecular weight is 337 g/mol. The first-order valence-electron chi connectivity index (χ1n) is 8.27. The van der Waals surface area contributed by atoms with E-state index in [0.717, 1.165) is 34.6 Å². The third-order valence-electron chi connectivity index (χ3n) is 4.64. The highest BCUT2D eigenvalue weighted by Gasteiger charge is 2.32. The Morgan fingerprint density at radius 3 is 2.80 bits per heavy atom. The first-order chi connectivity index (χ1) is 12.1. The van der Waals surface area contributed by atoms with Gasteiger partial charge in [-0.25, -0.2) is 0 Å². The molecule has 128 valence electrons. The Labute approximate surface area is 145 Å². The topological polar surface area (TPSA) is 70.2 Å². The van der Waals surface area contributed by atoms with Crippen LogP contribution in [0.5, 0.6) is 5.75 Å². The van der Waals surface area contributed by atoms with Crippen LogP contribution in [-0.4, -0.2) is 27.8 Å². The van der Waals surface area contributed by atoms with Gasteiger partial charge in [-0.1, -0.05) is 24.2 Å². The molecule has 0 fully saturated rings. The van der Waals surface area contributed by atoms with Crippen LogP contribution >= 0.6 is 0 Å². The van der Waals surface area contributed by atoms with Crippen molar-refractivity contribution < 1.29 is 14.1 Å². The molecule has 0 saturated carbocycles. The molecule has 25 heavy (non-hydrogen) atoms. The Hall–Kier alpha value is -2.89. The second kappa shape index (κ2) is 5.88. The van der Waals surface area contributed by atoms with Gasteiger partial charge in [0.2, 0.25) is 0 Å². The fourth-order valence-corrected chi connectivity index (χ4v) is 3.40. The lowest BCUT2D eigenvalue weighted by Crippen LogP contribution is -2.10. The van der Waals surface area contributed by atoms with Gasteiger partial charge in [-0.05, 0) is 30.0 Å². The van der Waals surface area contributed by atoms with Crippen molar-refractivity contribution in [2.45, 2.75) is 32.7 Å². The van der Waals surface area contributed by atoms with Crippen molar-refractivity contribution >= 4 is 5.78 Å². The van der Waals surface area contributed by atoms with Crippen molar-refractivity contribution in [3.05, 3.63) is 53.0 Å². The number of fused-ring (bicyclic) bond motifs is 3. The molecule has 0 radical (unpaired) electrons. The molecule has 1 unspecified atom stereocenters. The second-order valence-electron chi connectivity index (χ2n) is 6.47. The number of carbonyl (C=O) groups excluding carboxylic acids is 1. The molecule has 0 spiro atoms. The Morgan fingerprint density at radius 2 is 2.12 bits per heavy atom. The summed E-state index contributed by atoms with van der Waals surface area (Å²) in [6.07, 6.45) is 2.75. The number of ketones is 1. The molecule has 1 atom stereocenters. The van der Waals surface area contributed by atoms with Crippen LogP contribution in [0.3, 0.4) is 0 Å². The number of methoxy groups -OCH3 is 1. The number of aromatic nitrogens is 3. The van der Waals surface area contributed by atoms with Crippen molar-refractivity contribution in [3.63, 3.8) is 0 Å². The SMILES string of the molecule is COc1ccc(Cn2cc3c(n2)CC(C)c2c(C(C)=O)noc2-3)cc1. The molecule has 6 nitrogen and oxygen atoms in total. The highest BCUT2D eigenvalue weighted by Crippen LogP contribution is 2.41. The Bertz CT molecular complexity index is 937.